The zero-order chi connectivity index (χ0) is 16.1. The molecule has 0 bridgehead atoms. The Bertz CT molecular complexity index is 636. The monoisotopic (exact) mass is 312 g/mol. The number of ether oxygens (including phenoxy) is 3. The van der Waals surface area contributed by atoms with Gasteiger partial charge in [-0.05, 0) is 29.8 Å². The first-order valence-corrected chi connectivity index (χ1v) is 7.60. The van der Waals surface area contributed by atoms with Crippen LogP contribution in [-0.4, -0.2) is 37.1 Å². The van der Waals surface area contributed by atoms with E-state index in [1.807, 2.05) is 66.7 Å². The SMILES string of the molecule is COc1ccc(OC2C(O)COC2/C=C/c2ccccc2)cc1. The van der Waals surface area contributed by atoms with E-state index >= 15 is 0 Å². The van der Waals surface area contributed by atoms with E-state index in [2.05, 4.69) is 0 Å². The predicted octanol–water partition coefficient (Wildman–Crippen LogP) is 2.92. The summed E-state index contributed by atoms with van der Waals surface area (Å²) in [5.74, 6) is 1.44. The third-order valence-electron chi connectivity index (χ3n) is 3.77. The lowest BCUT2D eigenvalue weighted by Crippen LogP contribution is -2.34. The van der Waals surface area contributed by atoms with Crippen molar-refractivity contribution < 1.29 is 19.3 Å². The van der Waals surface area contributed by atoms with Gasteiger partial charge in [-0.3, -0.25) is 0 Å². The minimum Gasteiger partial charge on any atom is -0.497 e. The highest BCUT2D eigenvalue weighted by molar-refractivity contribution is 5.49. The standard InChI is InChI=1S/C19H20O4/c1-21-15-8-10-16(11-9-15)23-19-17(20)13-22-18(19)12-7-14-5-3-2-4-6-14/h2-12,17-20H,13H2,1H3/b12-7+. The molecule has 120 valence electrons. The van der Waals surface area contributed by atoms with E-state index in [0.717, 1.165) is 11.3 Å². The molecule has 1 saturated heterocycles. The molecule has 1 aliphatic heterocycles. The molecule has 23 heavy (non-hydrogen) atoms. The van der Waals surface area contributed by atoms with E-state index in [1.165, 1.54) is 0 Å². The summed E-state index contributed by atoms with van der Waals surface area (Å²) in [5.41, 5.74) is 1.08. The molecule has 4 heteroatoms. The highest BCUT2D eigenvalue weighted by atomic mass is 16.6. The molecule has 0 amide bonds. The van der Waals surface area contributed by atoms with Crippen molar-refractivity contribution in [3.63, 3.8) is 0 Å². The quantitative estimate of drug-likeness (QED) is 0.922. The second-order valence-corrected chi connectivity index (χ2v) is 5.39. The summed E-state index contributed by atoms with van der Waals surface area (Å²) in [6.45, 7) is 0.268. The summed E-state index contributed by atoms with van der Waals surface area (Å²) in [6.07, 6.45) is 2.55. The van der Waals surface area contributed by atoms with Crippen molar-refractivity contribution in [2.24, 2.45) is 0 Å². The fourth-order valence-corrected chi connectivity index (χ4v) is 2.51. The average Bonchev–Trinajstić information content (AvgIpc) is 2.95. The molecule has 0 saturated carbocycles. The van der Waals surface area contributed by atoms with Gasteiger partial charge in [0.25, 0.3) is 0 Å². The number of benzene rings is 2. The number of hydrogen-bond acceptors (Lipinski definition) is 4. The smallest absolute Gasteiger partial charge is 0.156 e. The normalized spacial score (nSPS) is 24.0. The zero-order valence-electron chi connectivity index (χ0n) is 13.0. The second-order valence-electron chi connectivity index (χ2n) is 5.39. The topological polar surface area (TPSA) is 47.9 Å². The van der Waals surface area contributed by atoms with Crippen LogP contribution in [0.15, 0.2) is 60.7 Å². The maximum absolute atomic E-state index is 10.1. The first kappa shape index (κ1) is 15.6. The van der Waals surface area contributed by atoms with Crippen molar-refractivity contribution in [2.75, 3.05) is 13.7 Å². The van der Waals surface area contributed by atoms with Crippen LogP contribution in [-0.2, 0) is 4.74 Å². The van der Waals surface area contributed by atoms with Crippen LogP contribution in [0.2, 0.25) is 0 Å². The van der Waals surface area contributed by atoms with Crippen LogP contribution >= 0.6 is 0 Å². The van der Waals surface area contributed by atoms with E-state index < -0.39 is 12.2 Å². The van der Waals surface area contributed by atoms with Crippen LogP contribution in [0.5, 0.6) is 11.5 Å². The van der Waals surface area contributed by atoms with Gasteiger partial charge < -0.3 is 19.3 Å². The number of rotatable bonds is 5. The van der Waals surface area contributed by atoms with Crippen molar-refractivity contribution in [2.45, 2.75) is 18.3 Å². The Balaban J connectivity index is 1.69. The van der Waals surface area contributed by atoms with Gasteiger partial charge in [-0.1, -0.05) is 42.5 Å². The fraction of sp³-hybridized carbons (Fsp3) is 0.263. The first-order valence-electron chi connectivity index (χ1n) is 7.60. The molecule has 0 aromatic heterocycles. The molecule has 3 atom stereocenters. The maximum atomic E-state index is 10.1. The third kappa shape index (κ3) is 3.92. The molecular formula is C19H20O4. The lowest BCUT2D eigenvalue weighted by Gasteiger charge is -2.20. The Morgan fingerprint density at radius 3 is 2.43 bits per heavy atom. The molecule has 4 nitrogen and oxygen atoms in total. The molecule has 1 aliphatic rings. The fourth-order valence-electron chi connectivity index (χ4n) is 2.51. The Morgan fingerprint density at radius 2 is 1.74 bits per heavy atom. The second kappa shape index (κ2) is 7.31. The molecule has 1 N–H and O–H groups in total. The number of hydrogen-bond donors (Lipinski definition) is 1. The molecule has 2 aromatic rings. The van der Waals surface area contributed by atoms with Gasteiger partial charge in [0.05, 0.1) is 13.7 Å². The number of aliphatic hydroxyl groups is 1. The minimum atomic E-state index is -0.650. The molecule has 0 aliphatic carbocycles. The summed E-state index contributed by atoms with van der Waals surface area (Å²) in [5, 5.41) is 10.1. The van der Waals surface area contributed by atoms with E-state index in [1.54, 1.807) is 7.11 Å². The lowest BCUT2D eigenvalue weighted by atomic mass is 10.1. The van der Waals surface area contributed by atoms with Crippen LogP contribution < -0.4 is 9.47 Å². The molecule has 1 heterocycles. The zero-order valence-corrected chi connectivity index (χ0v) is 13.0. The average molecular weight is 312 g/mol. The Kier molecular flexibility index (Phi) is 4.95. The van der Waals surface area contributed by atoms with Crippen LogP contribution in [0.3, 0.4) is 0 Å². The molecule has 3 rings (SSSR count). The van der Waals surface area contributed by atoms with Gasteiger partial charge in [-0.2, -0.15) is 0 Å². The highest BCUT2D eigenvalue weighted by Crippen LogP contribution is 2.25. The summed E-state index contributed by atoms with van der Waals surface area (Å²) < 4.78 is 16.7. The first-order chi connectivity index (χ1) is 11.3. The van der Waals surface area contributed by atoms with Gasteiger partial charge in [-0.25, -0.2) is 0 Å². The minimum absolute atomic E-state index is 0.268. The van der Waals surface area contributed by atoms with Gasteiger partial charge in [0, 0.05) is 0 Å². The molecule has 0 radical (unpaired) electrons. The van der Waals surface area contributed by atoms with Crippen LogP contribution in [0.4, 0.5) is 0 Å². The number of aliphatic hydroxyl groups excluding tert-OH is 1. The van der Waals surface area contributed by atoms with E-state index in [-0.39, 0.29) is 12.7 Å². The molecule has 1 fully saturated rings. The third-order valence-corrected chi connectivity index (χ3v) is 3.77. The Morgan fingerprint density at radius 1 is 1.04 bits per heavy atom. The van der Waals surface area contributed by atoms with Gasteiger partial charge in [0.15, 0.2) is 6.10 Å². The van der Waals surface area contributed by atoms with Crippen molar-refractivity contribution in [3.8, 4) is 11.5 Å². The maximum Gasteiger partial charge on any atom is 0.156 e. The van der Waals surface area contributed by atoms with Gasteiger partial charge in [0.2, 0.25) is 0 Å². The summed E-state index contributed by atoms with van der Waals surface area (Å²) in [7, 11) is 1.62. The summed E-state index contributed by atoms with van der Waals surface area (Å²) >= 11 is 0. The van der Waals surface area contributed by atoms with E-state index in [0.29, 0.717) is 5.75 Å². The van der Waals surface area contributed by atoms with Gasteiger partial charge in [0.1, 0.15) is 23.7 Å². The molecule has 0 spiro atoms. The predicted molar refractivity (Wildman–Crippen MR) is 88.6 cm³/mol. The van der Waals surface area contributed by atoms with Crippen LogP contribution in [0.25, 0.3) is 6.08 Å². The molecule has 3 unspecified atom stereocenters. The van der Waals surface area contributed by atoms with Gasteiger partial charge >= 0.3 is 0 Å². The largest absolute Gasteiger partial charge is 0.497 e. The van der Waals surface area contributed by atoms with Crippen molar-refractivity contribution in [1.29, 1.82) is 0 Å². The van der Waals surface area contributed by atoms with Crippen molar-refractivity contribution in [1.82, 2.24) is 0 Å². The lowest BCUT2D eigenvalue weighted by molar-refractivity contribution is 0.0612. The summed E-state index contributed by atoms with van der Waals surface area (Å²) in [4.78, 5) is 0. The van der Waals surface area contributed by atoms with E-state index in [4.69, 9.17) is 14.2 Å². The van der Waals surface area contributed by atoms with Crippen molar-refractivity contribution in [3.05, 3.63) is 66.2 Å². The van der Waals surface area contributed by atoms with Crippen LogP contribution in [0.1, 0.15) is 5.56 Å². The summed E-state index contributed by atoms with van der Waals surface area (Å²) in [6, 6.07) is 17.3. The number of methoxy groups -OCH3 is 1. The van der Waals surface area contributed by atoms with E-state index in [9.17, 15) is 5.11 Å². The Hall–Kier alpha value is -2.30. The molecule has 2 aromatic carbocycles. The van der Waals surface area contributed by atoms with Crippen LogP contribution in [0, 0.1) is 0 Å². The van der Waals surface area contributed by atoms with Crippen molar-refractivity contribution >= 4 is 6.08 Å². The molecular weight excluding hydrogens is 292 g/mol. The highest BCUT2D eigenvalue weighted by Gasteiger charge is 2.36. The van der Waals surface area contributed by atoms with Gasteiger partial charge in [-0.15, -0.1) is 0 Å². The Labute approximate surface area is 135 Å².